The van der Waals surface area contributed by atoms with E-state index in [-0.39, 0.29) is 23.3 Å². The first-order valence-electron chi connectivity index (χ1n) is 9.69. The fraction of sp³-hybridized carbons (Fsp3) is 0.136. The molecule has 0 atom stereocenters. The molecule has 0 saturated carbocycles. The number of amides is 1. The molecule has 0 spiro atoms. The highest BCUT2D eigenvalue weighted by Gasteiger charge is 2.30. The van der Waals surface area contributed by atoms with Crippen LogP contribution in [0.3, 0.4) is 0 Å². The zero-order valence-corrected chi connectivity index (χ0v) is 16.9. The van der Waals surface area contributed by atoms with Gasteiger partial charge in [-0.15, -0.1) is 0 Å². The molecule has 1 amide bonds. The third kappa shape index (κ3) is 4.66. The minimum absolute atomic E-state index is 0.00430. The number of fused-ring (bicyclic) bond motifs is 1. The zero-order chi connectivity index (χ0) is 23.6. The third-order valence-corrected chi connectivity index (χ3v) is 4.83. The van der Waals surface area contributed by atoms with Crippen molar-refractivity contribution in [3.8, 4) is 0 Å². The second-order valence-corrected chi connectivity index (χ2v) is 7.08. The maximum atomic E-state index is 13.1. The van der Waals surface area contributed by atoms with Crippen molar-refractivity contribution >= 4 is 22.6 Å². The van der Waals surface area contributed by atoms with Crippen LogP contribution >= 0.6 is 0 Å². The number of anilines is 1. The van der Waals surface area contributed by atoms with Gasteiger partial charge in [0, 0.05) is 18.1 Å². The molecule has 4 aromatic rings. The normalized spacial score (nSPS) is 11.5. The van der Waals surface area contributed by atoms with Gasteiger partial charge in [0.05, 0.1) is 23.3 Å². The Kier molecular flexibility index (Phi) is 5.78. The molecule has 11 heteroatoms. The van der Waals surface area contributed by atoms with Crippen molar-refractivity contribution < 1.29 is 18.0 Å². The van der Waals surface area contributed by atoms with Crippen molar-refractivity contribution in [3.63, 3.8) is 0 Å². The molecule has 1 N–H and O–H groups in total. The van der Waals surface area contributed by atoms with Crippen LogP contribution in [-0.2, 0) is 24.1 Å². The lowest BCUT2D eigenvalue weighted by molar-refractivity contribution is -0.137. The van der Waals surface area contributed by atoms with E-state index in [4.69, 9.17) is 0 Å². The van der Waals surface area contributed by atoms with E-state index in [0.717, 1.165) is 33.4 Å². The highest BCUT2D eigenvalue weighted by atomic mass is 19.4. The van der Waals surface area contributed by atoms with Crippen LogP contribution in [0.5, 0.6) is 0 Å². The highest BCUT2D eigenvalue weighted by Crippen LogP contribution is 2.29. The van der Waals surface area contributed by atoms with Gasteiger partial charge in [-0.1, -0.05) is 6.07 Å². The van der Waals surface area contributed by atoms with Crippen molar-refractivity contribution in [2.75, 3.05) is 5.32 Å². The largest absolute Gasteiger partial charge is 0.416 e. The van der Waals surface area contributed by atoms with Gasteiger partial charge in [0.1, 0.15) is 6.54 Å². The molecule has 4 rings (SSSR count). The predicted octanol–water partition coefficient (Wildman–Crippen LogP) is 2.66. The van der Waals surface area contributed by atoms with E-state index in [1.165, 1.54) is 24.5 Å². The molecule has 0 unspecified atom stereocenters. The predicted molar refractivity (Wildman–Crippen MR) is 114 cm³/mol. The molecular formula is C22H16F3N5O3. The summed E-state index contributed by atoms with van der Waals surface area (Å²) in [6.07, 6.45) is -1.58. The zero-order valence-electron chi connectivity index (χ0n) is 16.9. The first-order chi connectivity index (χ1) is 15.7. The van der Waals surface area contributed by atoms with Gasteiger partial charge in [-0.2, -0.15) is 13.2 Å². The van der Waals surface area contributed by atoms with E-state index in [1.807, 2.05) is 0 Å². The van der Waals surface area contributed by atoms with Crippen molar-refractivity contribution in [2.24, 2.45) is 0 Å². The van der Waals surface area contributed by atoms with Crippen molar-refractivity contribution in [2.45, 2.75) is 19.3 Å². The Hall–Kier alpha value is -4.28. The first kappa shape index (κ1) is 21.9. The summed E-state index contributed by atoms with van der Waals surface area (Å²) in [6, 6.07) is 12.0. The number of halogens is 3. The summed E-state index contributed by atoms with van der Waals surface area (Å²) in [4.78, 5) is 46.8. The fourth-order valence-corrected chi connectivity index (χ4v) is 3.28. The monoisotopic (exact) mass is 455 g/mol. The highest BCUT2D eigenvalue weighted by molar-refractivity contribution is 5.91. The van der Waals surface area contributed by atoms with Crippen LogP contribution in [-0.4, -0.2) is 25.0 Å². The molecule has 0 bridgehead atoms. The molecule has 0 aliphatic heterocycles. The van der Waals surface area contributed by atoms with Gasteiger partial charge < -0.3 is 5.32 Å². The van der Waals surface area contributed by atoms with Crippen LogP contribution in [0.2, 0.25) is 0 Å². The quantitative estimate of drug-likeness (QED) is 0.499. The van der Waals surface area contributed by atoms with Crippen LogP contribution < -0.4 is 16.6 Å². The van der Waals surface area contributed by atoms with E-state index in [2.05, 4.69) is 15.3 Å². The number of carbonyl (C=O) groups excluding carboxylic acids is 1. The summed E-state index contributed by atoms with van der Waals surface area (Å²) in [5.41, 5.74) is -1.47. The minimum atomic E-state index is -4.50. The van der Waals surface area contributed by atoms with Gasteiger partial charge in [0.2, 0.25) is 5.91 Å². The maximum absolute atomic E-state index is 13.1. The Morgan fingerprint density at radius 3 is 2.30 bits per heavy atom. The molecule has 0 saturated heterocycles. The number of hydrogen-bond acceptors (Lipinski definition) is 5. The van der Waals surface area contributed by atoms with Crippen LogP contribution in [0, 0.1) is 0 Å². The number of alkyl halides is 3. The molecule has 1 aromatic carbocycles. The number of pyridine rings is 2. The van der Waals surface area contributed by atoms with Crippen LogP contribution in [0.25, 0.3) is 11.0 Å². The summed E-state index contributed by atoms with van der Waals surface area (Å²) >= 11 is 0. The van der Waals surface area contributed by atoms with Gasteiger partial charge in [0.25, 0.3) is 5.56 Å². The second kappa shape index (κ2) is 8.69. The third-order valence-electron chi connectivity index (χ3n) is 4.83. The van der Waals surface area contributed by atoms with Crippen LogP contribution in [0.15, 0.2) is 76.6 Å². The first-order valence-corrected chi connectivity index (χ1v) is 9.69. The Labute approximate surface area is 184 Å². The summed E-state index contributed by atoms with van der Waals surface area (Å²) < 4.78 is 40.2. The van der Waals surface area contributed by atoms with E-state index < -0.39 is 35.4 Å². The fourth-order valence-electron chi connectivity index (χ4n) is 3.28. The lowest BCUT2D eigenvalue weighted by atomic mass is 10.2. The van der Waals surface area contributed by atoms with E-state index >= 15 is 0 Å². The van der Waals surface area contributed by atoms with Gasteiger partial charge >= 0.3 is 11.9 Å². The summed E-state index contributed by atoms with van der Waals surface area (Å²) in [6.45, 7) is -0.601. The molecule has 3 heterocycles. The second-order valence-electron chi connectivity index (χ2n) is 7.08. The van der Waals surface area contributed by atoms with Crippen molar-refractivity contribution in [3.05, 3.63) is 99.1 Å². The number of benzene rings is 1. The van der Waals surface area contributed by atoms with Gasteiger partial charge in [-0.3, -0.25) is 23.7 Å². The van der Waals surface area contributed by atoms with Gasteiger partial charge in [-0.25, -0.2) is 9.78 Å². The molecule has 168 valence electrons. The maximum Gasteiger partial charge on any atom is 0.416 e. The lowest BCUT2D eigenvalue weighted by Gasteiger charge is -2.14. The van der Waals surface area contributed by atoms with Crippen LogP contribution in [0.1, 0.15) is 11.3 Å². The van der Waals surface area contributed by atoms with E-state index in [0.29, 0.717) is 5.69 Å². The number of nitrogens with one attached hydrogen (secondary N) is 1. The standard InChI is InChI=1S/C22H16F3N5O3/c23-22(24,25)14-6-8-15(9-7-14)28-18(31)13-29-17-5-3-11-27-19(17)20(32)30(21(29)33)12-16-4-1-2-10-26-16/h1-11H,12-13H2,(H,28,31). The summed E-state index contributed by atoms with van der Waals surface area (Å²) in [5, 5.41) is 2.46. The van der Waals surface area contributed by atoms with Crippen LogP contribution in [0.4, 0.5) is 18.9 Å². The topological polar surface area (TPSA) is 98.9 Å². The van der Waals surface area contributed by atoms with Gasteiger partial charge in [0.15, 0.2) is 5.52 Å². The van der Waals surface area contributed by atoms with Crippen molar-refractivity contribution in [1.82, 2.24) is 19.1 Å². The molecule has 3 aromatic heterocycles. The Morgan fingerprint density at radius 1 is 0.909 bits per heavy atom. The molecule has 33 heavy (non-hydrogen) atoms. The smallest absolute Gasteiger partial charge is 0.325 e. The molecule has 0 radical (unpaired) electrons. The Morgan fingerprint density at radius 2 is 1.64 bits per heavy atom. The van der Waals surface area contributed by atoms with E-state index in [1.54, 1.807) is 18.2 Å². The van der Waals surface area contributed by atoms with Gasteiger partial charge in [-0.05, 0) is 48.5 Å². The van der Waals surface area contributed by atoms with Crippen molar-refractivity contribution in [1.29, 1.82) is 0 Å². The minimum Gasteiger partial charge on any atom is -0.325 e. The number of nitrogens with zero attached hydrogens (tertiary/aromatic N) is 4. The molecule has 0 fully saturated rings. The summed E-state index contributed by atoms with van der Waals surface area (Å²) in [5.74, 6) is -0.662. The molecule has 0 aliphatic rings. The lowest BCUT2D eigenvalue weighted by Crippen LogP contribution is -2.42. The Bertz CT molecular complexity index is 1430. The molecule has 8 nitrogen and oxygen atoms in total. The number of carbonyl (C=O) groups is 1. The van der Waals surface area contributed by atoms with E-state index in [9.17, 15) is 27.6 Å². The number of rotatable bonds is 5. The average molecular weight is 455 g/mol. The number of hydrogen-bond donors (Lipinski definition) is 1. The SMILES string of the molecule is O=C(Cn1c(=O)n(Cc2ccccn2)c(=O)c2ncccc21)Nc1ccc(C(F)(F)F)cc1. The molecule has 0 aliphatic carbocycles. The Balaban J connectivity index is 1.67. The average Bonchev–Trinajstić information content (AvgIpc) is 2.80. The number of aromatic nitrogens is 4. The summed E-state index contributed by atoms with van der Waals surface area (Å²) in [7, 11) is 0. The molecular weight excluding hydrogens is 439 g/mol.